The number of carbonyl (C=O) groups is 1. The summed E-state index contributed by atoms with van der Waals surface area (Å²) in [5.41, 5.74) is 3.06. The van der Waals surface area contributed by atoms with Gasteiger partial charge in [-0.25, -0.2) is 9.18 Å². The van der Waals surface area contributed by atoms with E-state index in [2.05, 4.69) is 11.4 Å². The van der Waals surface area contributed by atoms with Crippen LogP contribution >= 0.6 is 11.8 Å². The maximum absolute atomic E-state index is 13.3. The molecule has 0 radical (unpaired) electrons. The smallest absolute Gasteiger partial charge is 0.414 e. The molecule has 1 saturated heterocycles. The summed E-state index contributed by atoms with van der Waals surface area (Å²) in [7, 11) is 0. The number of fused-ring (bicyclic) bond motifs is 2. The van der Waals surface area contributed by atoms with Crippen LogP contribution < -0.4 is 10.2 Å². The molecule has 2 aliphatic heterocycles. The van der Waals surface area contributed by atoms with E-state index < -0.39 is 0 Å². The highest BCUT2D eigenvalue weighted by Crippen LogP contribution is 2.48. The van der Waals surface area contributed by atoms with Gasteiger partial charge in [-0.05, 0) is 79.5 Å². The molecule has 3 aromatic rings. The number of ether oxygens (including phenoxy) is 1. The van der Waals surface area contributed by atoms with Crippen LogP contribution in [0, 0.1) is 5.82 Å². The second-order valence-corrected chi connectivity index (χ2v) is 9.54. The fraction of sp³-hybridized carbons (Fsp3) is 0.269. The zero-order valence-electron chi connectivity index (χ0n) is 17.7. The summed E-state index contributed by atoms with van der Waals surface area (Å²) in [6.07, 6.45) is 1.66. The lowest BCUT2D eigenvalue weighted by Crippen LogP contribution is -2.44. The third-order valence-corrected chi connectivity index (χ3v) is 7.32. The third kappa shape index (κ3) is 4.25. The summed E-state index contributed by atoms with van der Waals surface area (Å²) in [6.45, 7) is 2.77. The molecular weight excluding hydrogens is 423 g/mol. The summed E-state index contributed by atoms with van der Waals surface area (Å²) < 4.78 is 18.9. The van der Waals surface area contributed by atoms with Gasteiger partial charge in [0.15, 0.2) is 0 Å². The van der Waals surface area contributed by atoms with Crippen LogP contribution in [0.5, 0.6) is 0 Å². The first-order valence-corrected chi connectivity index (χ1v) is 11.7. The second kappa shape index (κ2) is 8.96. The van der Waals surface area contributed by atoms with Crippen LogP contribution in [0.1, 0.15) is 24.0 Å². The molecule has 2 aliphatic rings. The van der Waals surface area contributed by atoms with Crippen LogP contribution in [-0.2, 0) is 16.8 Å². The average Bonchev–Trinajstić information content (AvgIpc) is 3.13. The summed E-state index contributed by atoms with van der Waals surface area (Å²) in [5, 5.41) is 3.44. The van der Waals surface area contributed by atoms with Crippen molar-refractivity contribution in [2.45, 2.75) is 34.7 Å². The lowest BCUT2D eigenvalue weighted by Gasteiger charge is -2.34. The Morgan fingerprint density at radius 1 is 1.00 bits per heavy atom. The quantitative estimate of drug-likeness (QED) is 0.551. The summed E-state index contributed by atoms with van der Waals surface area (Å²) >= 11 is 1.61. The van der Waals surface area contributed by atoms with Gasteiger partial charge in [-0.3, -0.25) is 4.90 Å². The van der Waals surface area contributed by atoms with E-state index in [1.54, 1.807) is 28.8 Å². The predicted molar refractivity (Wildman–Crippen MR) is 125 cm³/mol. The Balaban J connectivity index is 1.40. The number of amides is 1. The summed E-state index contributed by atoms with van der Waals surface area (Å²) in [4.78, 5) is 16.9. The molecule has 6 heteroatoms. The van der Waals surface area contributed by atoms with Gasteiger partial charge in [0.2, 0.25) is 0 Å². The topological polar surface area (TPSA) is 41.6 Å². The van der Waals surface area contributed by atoms with E-state index in [1.165, 1.54) is 17.7 Å². The van der Waals surface area contributed by atoms with Gasteiger partial charge in [-0.2, -0.15) is 0 Å². The molecule has 164 valence electrons. The molecule has 0 saturated carbocycles. The van der Waals surface area contributed by atoms with Crippen molar-refractivity contribution in [3.63, 3.8) is 0 Å². The Labute approximate surface area is 191 Å². The minimum atomic E-state index is -0.301. The first kappa shape index (κ1) is 21.0. The number of anilines is 1. The van der Waals surface area contributed by atoms with Crippen molar-refractivity contribution in [1.82, 2.24) is 5.32 Å². The standard InChI is InChI=1S/C26H25FN2O2S/c27-20-6-8-21(9-7-20)32-22-10-11-24-23(16-22)26(12-14-28-15-13-26)18-29(24)25(30)31-17-19-4-2-1-3-5-19/h1-11,16,28H,12-15,17-18H2. The van der Waals surface area contributed by atoms with Gasteiger partial charge in [0.05, 0.1) is 5.69 Å². The fourth-order valence-electron chi connectivity index (χ4n) is 4.64. The molecule has 0 atom stereocenters. The largest absolute Gasteiger partial charge is 0.444 e. The number of rotatable bonds is 4. The van der Waals surface area contributed by atoms with E-state index >= 15 is 0 Å². The van der Waals surface area contributed by atoms with Crippen LogP contribution in [0.3, 0.4) is 0 Å². The number of halogens is 1. The van der Waals surface area contributed by atoms with Gasteiger partial charge in [0.25, 0.3) is 0 Å². The van der Waals surface area contributed by atoms with E-state index in [-0.39, 0.29) is 23.9 Å². The molecule has 0 aliphatic carbocycles. The highest BCUT2D eigenvalue weighted by atomic mass is 32.2. The van der Waals surface area contributed by atoms with Crippen molar-refractivity contribution in [3.8, 4) is 0 Å². The van der Waals surface area contributed by atoms with Gasteiger partial charge in [-0.1, -0.05) is 42.1 Å². The number of piperidine rings is 1. The minimum Gasteiger partial charge on any atom is -0.444 e. The van der Waals surface area contributed by atoms with Crippen molar-refractivity contribution < 1.29 is 13.9 Å². The van der Waals surface area contributed by atoms with Gasteiger partial charge in [0.1, 0.15) is 12.4 Å². The molecule has 2 heterocycles. The van der Waals surface area contributed by atoms with Crippen molar-refractivity contribution >= 4 is 23.5 Å². The first-order valence-electron chi connectivity index (χ1n) is 10.9. The number of benzene rings is 3. The van der Waals surface area contributed by atoms with Crippen molar-refractivity contribution in [2.75, 3.05) is 24.5 Å². The van der Waals surface area contributed by atoms with Crippen LogP contribution in [0.15, 0.2) is 82.6 Å². The zero-order chi connectivity index (χ0) is 22.0. The average molecular weight is 449 g/mol. The molecule has 3 aromatic carbocycles. The molecule has 1 amide bonds. The van der Waals surface area contributed by atoms with E-state index in [0.717, 1.165) is 47.0 Å². The number of hydrogen-bond acceptors (Lipinski definition) is 4. The van der Waals surface area contributed by atoms with Crippen LogP contribution in [-0.4, -0.2) is 25.7 Å². The first-order chi connectivity index (χ1) is 15.6. The monoisotopic (exact) mass is 448 g/mol. The molecule has 4 nitrogen and oxygen atoms in total. The van der Waals surface area contributed by atoms with E-state index in [4.69, 9.17) is 4.74 Å². The molecule has 32 heavy (non-hydrogen) atoms. The number of carbonyl (C=O) groups excluding carboxylic acids is 1. The molecule has 1 spiro atoms. The Kier molecular flexibility index (Phi) is 5.89. The molecule has 5 rings (SSSR count). The molecular formula is C26H25FN2O2S. The SMILES string of the molecule is O=C(OCc1ccccc1)N1CC2(CCNCC2)c2cc(Sc3ccc(F)cc3)ccc21. The lowest BCUT2D eigenvalue weighted by atomic mass is 9.75. The van der Waals surface area contributed by atoms with Crippen LogP contribution in [0.25, 0.3) is 0 Å². The molecule has 0 unspecified atom stereocenters. The van der Waals surface area contributed by atoms with Crippen molar-refractivity contribution in [1.29, 1.82) is 0 Å². The predicted octanol–water partition coefficient (Wildman–Crippen LogP) is 5.75. The highest BCUT2D eigenvalue weighted by molar-refractivity contribution is 7.99. The maximum atomic E-state index is 13.3. The van der Waals surface area contributed by atoms with E-state index in [0.29, 0.717) is 6.54 Å². The number of nitrogens with zero attached hydrogens (tertiary/aromatic N) is 1. The van der Waals surface area contributed by atoms with E-state index in [1.807, 2.05) is 42.5 Å². The van der Waals surface area contributed by atoms with Crippen LogP contribution in [0.4, 0.5) is 14.9 Å². The van der Waals surface area contributed by atoms with Gasteiger partial charge in [0, 0.05) is 21.8 Å². The molecule has 1 N–H and O–H groups in total. The Morgan fingerprint density at radius 3 is 2.47 bits per heavy atom. The molecule has 1 fully saturated rings. The maximum Gasteiger partial charge on any atom is 0.414 e. The Bertz CT molecular complexity index is 1100. The molecule has 0 aromatic heterocycles. The van der Waals surface area contributed by atoms with Crippen molar-refractivity contribution in [2.24, 2.45) is 0 Å². The summed E-state index contributed by atoms with van der Waals surface area (Å²) in [6, 6.07) is 22.6. The Morgan fingerprint density at radius 2 is 1.72 bits per heavy atom. The van der Waals surface area contributed by atoms with Gasteiger partial charge < -0.3 is 10.1 Å². The lowest BCUT2D eigenvalue weighted by molar-refractivity contribution is 0.145. The van der Waals surface area contributed by atoms with E-state index in [9.17, 15) is 9.18 Å². The minimum absolute atomic E-state index is 0.0638. The molecule has 0 bridgehead atoms. The third-order valence-electron chi connectivity index (χ3n) is 6.33. The zero-order valence-corrected chi connectivity index (χ0v) is 18.5. The summed E-state index contributed by atoms with van der Waals surface area (Å²) in [5.74, 6) is -0.235. The Hall–Kier alpha value is -2.83. The number of nitrogens with one attached hydrogen (secondary N) is 1. The second-order valence-electron chi connectivity index (χ2n) is 8.39. The fourth-order valence-corrected chi connectivity index (χ4v) is 5.50. The number of hydrogen-bond donors (Lipinski definition) is 1. The normalized spacial score (nSPS) is 16.7. The van der Waals surface area contributed by atoms with Gasteiger partial charge in [-0.15, -0.1) is 0 Å². The van der Waals surface area contributed by atoms with Crippen molar-refractivity contribution in [3.05, 3.63) is 89.7 Å². The van der Waals surface area contributed by atoms with Gasteiger partial charge >= 0.3 is 6.09 Å². The highest BCUT2D eigenvalue weighted by Gasteiger charge is 2.45. The van der Waals surface area contributed by atoms with Crippen LogP contribution in [0.2, 0.25) is 0 Å².